The number of carboxylic acids is 1. The molecule has 0 saturated carbocycles. The molecule has 0 spiro atoms. The van der Waals surface area contributed by atoms with Crippen molar-refractivity contribution in [2.45, 2.75) is 0 Å². The Bertz CT molecular complexity index is 1070. The van der Waals surface area contributed by atoms with Crippen molar-refractivity contribution in [2.75, 3.05) is 6.67 Å². The second-order valence-corrected chi connectivity index (χ2v) is 5.18. The number of alkyl halides is 1. The molecule has 6 N–H and O–H groups in total. The first kappa shape index (κ1) is 19.4. The van der Waals surface area contributed by atoms with Gasteiger partial charge in [-0.15, -0.1) is 0 Å². The molecule has 0 aliphatic carbocycles. The average Bonchev–Trinajstić information content (AvgIpc) is 2.60. The molecule has 0 bridgehead atoms. The molecule has 0 aliphatic rings. The van der Waals surface area contributed by atoms with E-state index in [1.807, 2.05) is 0 Å². The van der Waals surface area contributed by atoms with Crippen molar-refractivity contribution in [3.05, 3.63) is 40.6 Å². The third-order valence-corrected chi connectivity index (χ3v) is 3.29. The van der Waals surface area contributed by atoms with Crippen LogP contribution in [0.3, 0.4) is 0 Å². The molecule has 3 aromatic rings. The lowest BCUT2D eigenvalue weighted by atomic mass is 10.1. The highest BCUT2D eigenvalue weighted by atomic mass is 19.1. The monoisotopic (exact) mass is 380 g/mol. The van der Waals surface area contributed by atoms with Crippen LogP contribution in [-0.4, -0.2) is 43.3 Å². The van der Waals surface area contributed by atoms with Crippen LogP contribution in [0.15, 0.2) is 39.5 Å². The summed E-state index contributed by atoms with van der Waals surface area (Å²) in [5, 5.41) is 55.0. The van der Waals surface area contributed by atoms with Gasteiger partial charge in [0.1, 0.15) is 22.5 Å². The Hall–Kier alpha value is -3.95. The van der Waals surface area contributed by atoms with Crippen molar-refractivity contribution in [3.63, 3.8) is 0 Å². The van der Waals surface area contributed by atoms with Gasteiger partial charge in [-0.1, -0.05) is 0 Å². The number of carbonyl (C=O) groups is 1. The standard InChI is InChI=1S/C15H10O7.C2H3FO2/c16-7-4-10(19)12-11(5-7)22-15(14(21)13(12)20)6-1-2-8(17)9(18)3-6;3-1-2(4)5/h1-5,16-19,21H;1H2,(H,4,5). The normalized spacial score (nSPS) is 10.3. The summed E-state index contributed by atoms with van der Waals surface area (Å²) in [6.45, 7) is -1.28. The van der Waals surface area contributed by atoms with Crippen molar-refractivity contribution in [3.8, 4) is 40.1 Å². The van der Waals surface area contributed by atoms with Gasteiger partial charge in [0.2, 0.25) is 11.2 Å². The second kappa shape index (κ2) is 7.52. The van der Waals surface area contributed by atoms with Gasteiger partial charge in [-0.05, 0) is 18.2 Å². The molecule has 0 atom stereocenters. The van der Waals surface area contributed by atoms with Gasteiger partial charge in [0.25, 0.3) is 0 Å². The van der Waals surface area contributed by atoms with Gasteiger partial charge in [-0.25, -0.2) is 9.18 Å². The summed E-state index contributed by atoms with van der Waals surface area (Å²) in [7, 11) is 0. The van der Waals surface area contributed by atoms with Crippen LogP contribution >= 0.6 is 0 Å². The van der Waals surface area contributed by atoms with E-state index in [4.69, 9.17) is 14.3 Å². The molecule has 0 radical (unpaired) electrons. The van der Waals surface area contributed by atoms with Crippen LogP contribution in [0.1, 0.15) is 0 Å². The first-order valence-electron chi connectivity index (χ1n) is 7.17. The van der Waals surface area contributed by atoms with Crippen LogP contribution in [0.25, 0.3) is 22.3 Å². The predicted molar refractivity (Wildman–Crippen MR) is 89.9 cm³/mol. The summed E-state index contributed by atoms with van der Waals surface area (Å²) in [6, 6.07) is 5.64. The lowest BCUT2D eigenvalue weighted by Crippen LogP contribution is -2.02. The van der Waals surface area contributed by atoms with Crippen LogP contribution in [0.5, 0.6) is 28.7 Å². The lowest BCUT2D eigenvalue weighted by molar-refractivity contribution is -0.137. The zero-order valence-corrected chi connectivity index (χ0v) is 13.4. The van der Waals surface area contributed by atoms with Crippen molar-refractivity contribution >= 4 is 16.9 Å². The molecule has 0 fully saturated rings. The third-order valence-electron chi connectivity index (χ3n) is 3.29. The highest BCUT2D eigenvalue weighted by Crippen LogP contribution is 2.37. The Morgan fingerprint density at radius 2 is 1.59 bits per heavy atom. The number of phenols is 4. The third kappa shape index (κ3) is 4.00. The van der Waals surface area contributed by atoms with Crippen LogP contribution in [0.4, 0.5) is 4.39 Å². The summed E-state index contributed by atoms with van der Waals surface area (Å²) < 4.78 is 15.9. The molecule has 0 saturated heterocycles. The van der Waals surface area contributed by atoms with Gasteiger partial charge in [0.05, 0.1) is 0 Å². The maximum Gasteiger partial charge on any atom is 0.335 e. The zero-order valence-electron chi connectivity index (χ0n) is 13.4. The summed E-state index contributed by atoms with van der Waals surface area (Å²) in [5.74, 6) is -4.13. The molecular weight excluding hydrogens is 367 g/mol. The minimum absolute atomic E-state index is 0.134. The van der Waals surface area contributed by atoms with Gasteiger partial charge in [-0.2, -0.15) is 0 Å². The molecule has 142 valence electrons. The van der Waals surface area contributed by atoms with Gasteiger partial charge >= 0.3 is 5.97 Å². The van der Waals surface area contributed by atoms with E-state index in [9.17, 15) is 34.7 Å². The van der Waals surface area contributed by atoms with Crippen molar-refractivity contribution in [2.24, 2.45) is 0 Å². The highest BCUT2D eigenvalue weighted by molar-refractivity contribution is 5.88. The predicted octanol–water partition coefficient (Wildman–Crippen LogP) is 2.03. The molecule has 0 amide bonds. The first-order chi connectivity index (χ1) is 12.6. The largest absolute Gasteiger partial charge is 0.508 e. The van der Waals surface area contributed by atoms with E-state index >= 15 is 0 Å². The maximum atomic E-state index is 12.1. The Kier molecular flexibility index (Phi) is 5.40. The number of halogens is 1. The summed E-state index contributed by atoms with van der Waals surface area (Å²) in [6.07, 6.45) is 0. The van der Waals surface area contributed by atoms with Crippen LogP contribution in [-0.2, 0) is 4.79 Å². The number of hydrogen-bond donors (Lipinski definition) is 6. The van der Waals surface area contributed by atoms with Crippen molar-refractivity contribution < 1.29 is 44.2 Å². The number of hydrogen-bond acceptors (Lipinski definition) is 8. The maximum absolute atomic E-state index is 12.1. The molecule has 9 nitrogen and oxygen atoms in total. The molecule has 1 heterocycles. The topological polar surface area (TPSA) is 169 Å². The number of carboxylic acid groups (broad SMARTS) is 1. The van der Waals surface area contributed by atoms with E-state index in [1.54, 1.807) is 0 Å². The van der Waals surface area contributed by atoms with E-state index in [0.717, 1.165) is 24.3 Å². The minimum Gasteiger partial charge on any atom is -0.508 e. The zero-order chi connectivity index (χ0) is 20.3. The molecule has 0 aliphatic heterocycles. The van der Waals surface area contributed by atoms with Crippen LogP contribution in [0, 0.1) is 0 Å². The molecule has 27 heavy (non-hydrogen) atoms. The van der Waals surface area contributed by atoms with Gasteiger partial charge in [0.15, 0.2) is 23.9 Å². The summed E-state index contributed by atoms with van der Waals surface area (Å²) in [5.41, 5.74) is -0.890. The first-order valence-corrected chi connectivity index (χ1v) is 7.17. The summed E-state index contributed by atoms with van der Waals surface area (Å²) >= 11 is 0. The Morgan fingerprint density at radius 1 is 0.963 bits per heavy atom. The number of aliphatic carboxylic acids is 1. The Labute approximate surface area is 149 Å². The van der Waals surface area contributed by atoms with E-state index < -0.39 is 35.3 Å². The second-order valence-electron chi connectivity index (χ2n) is 5.18. The Morgan fingerprint density at radius 3 is 2.15 bits per heavy atom. The number of phenolic OH excluding ortho intramolecular Hbond substituents is 4. The van der Waals surface area contributed by atoms with E-state index in [1.165, 1.54) is 6.07 Å². The van der Waals surface area contributed by atoms with Gasteiger partial charge < -0.3 is 35.1 Å². The number of aromatic hydroxyl groups is 5. The highest BCUT2D eigenvalue weighted by Gasteiger charge is 2.19. The number of benzene rings is 2. The van der Waals surface area contributed by atoms with Gasteiger partial charge in [0, 0.05) is 17.7 Å². The van der Waals surface area contributed by atoms with E-state index in [0.29, 0.717) is 0 Å². The van der Waals surface area contributed by atoms with Crippen molar-refractivity contribution in [1.29, 1.82) is 0 Å². The van der Waals surface area contributed by atoms with E-state index in [2.05, 4.69) is 0 Å². The molecule has 2 aromatic carbocycles. The quantitative estimate of drug-likeness (QED) is 0.364. The van der Waals surface area contributed by atoms with E-state index in [-0.39, 0.29) is 33.8 Å². The van der Waals surface area contributed by atoms with Crippen LogP contribution < -0.4 is 5.43 Å². The Balaban J connectivity index is 0.000000465. The molecule has 10 heteroatoms. The number of rotatable bonds is 2. The smallest absolute Gasteiger partial charge is 0.335 e. The SMILES string of the molecule is O=C(O)CF.O=c1c(O)c(-c2ccc(O)c(O)c2)oc2cc(O)cc(O)c12. The molecule has 1 aromatic heterocycles. The van der Waals surface area contributed by atoms with Crippen LogP contribution in [0.2, 0.25) is 0 Å². The molecular formula is C17H13FO9. The fraction of sp³-hybridized carbons (Fsp3) is 0.0588. The average molecular weight is 380 g/mol. The fourth-order valence-electron chi connectivity index (χ4n) is 2.14. The number of fused-ring (bicyclic) bond motifs is 1. The van der Waals surface area contributed by atoms with Gasteiger partial charge in [-0.3, -0.25) is 4.79 Å². The van der Waals surface area contributed by atoms with Crippen molar-refractivity contribution in [1.82, 2.24) is 0 Å². The fourth-order valence-corrected chi connectivity index (χ4v) is 2.14. The lowest BCUT2D eigenvalue weighted by Gasteiger charge is -2.08. The molecule has 3 rings (SSSR count). The summed E-state index contributed by atoms with van der Waals surface area (Å²) in [4.78, 5) is 21.1. The molecule has 0 unspecified atom stereocenters. The minimum atomic E-state index is -1.41.